The molecule has 4 aromatic heterocycles. The fourth-order valence-electron chi connectivity index (χ4n) is 2.57. The van der Waals surface area contributed by atoms with Crippen molar-refractivity contribution in [2.45, 2.75) is 13.1 Å². The van der Waals surface area contributed by atoms with Gasteiger partial charge in [0, 0.05) is 12.4 Å². The van der Waals surface area contributed by atoms with Gasteiger partial charge in [-0.15, -0.1) is 5.10 Å². The van der Waals surface area contributed by atoms with Crippen molar-refractivity contribution in [2.24, 2.45) is 0 Å². The minimum absolute atomic E-state index is 0.00472. The zero-order chi connectivity index (χ0) is 18.8. The predicted molar refractivity (Wildman–Crippen MR) is 97.5 cm³/mol. The summed E-state index contributed by atoms with van der Waals surface area (Å²) in [6, 6.07) is 8.51. The van der Waals surface area contributed by atoms with E-state index in [2.05, 4.69) is 26.1 Å². The van der Waals surface area contributed by atoms with Crippen LogP contribution in [0, 0.1) is 0 Å². The lowest BCUT2D eigenvalue weighted by Crippen LogP contribution is -2.24. The van der Waals surface area contributed by atoms with Crippen molar-refractivity contribution < 1.29 is 13.9 Å². The average Bonchev–Trinajstić information content (AvgIpc) is 3.36. The van der Waals surface area contributed by atoms with Crippen LogP contribution in [0.25, 0.3) is 5.65 Å². The molecule has 0 saturated heterocycles. The standard InChI is InChI=1S/C17H14BrN5O4/c18-12-9-19-21(10-12)11-13-4-5-14(27-13)16(24)26-8-7-23-17(25)22-6-2-1-3-15(22)20-23/h1-6,9-10H,7-8,11H2. The SMILES string of the molecule is O=C(OCCn1nc2ccccn2c1=O)c1ccc(Cn2cc(Br)cn2)o1. The lowest BCUT2D eigenvalue weighted by atomic mass is 10.4. The molecule has 4 rings (SSSR count). The highest BCUT2D eigenvalue weighted by atomic mass is 79.9. The number of hydrogen-bond donors (Lipinski definition) is 0. The Morgan fingerprint density at radius 3 is 2.93 bits per heavy atom. The van der Waals surface area contributed by atoms with Gasteiger partial charge in [-0.2, -0.15) is 5.10 Å². The van der Waals surface area contributed by atoms with Gasteiger partial charge >= 0.3 is 11.7 Å². The summed E-state index contributed by atoms with van der Waals surface area (Å²) < 4.78 is 15.9. The Morgan fingerprint density at radius 1 is 1.26 bits per heavy atom. The Balaban J connectivity index is 1.35. The first-order valence-corrected chi connectivity index (χ1v) is 8.87. The van der Waals surface area contributed by atoms with Crippen molar-refractivity contribution in [3.05, 3.63) is 75.4 Å². The van der Waals surface area contributed by atoms with E-state index >= 15 is 0 Å². The lowest BCUT2D eigenvalue weighted by Gasteiger charge is -2.02. The van der Waals surface area contributed by atoms with Gasteiger partial charge in [0.1, 0.15) is 12.4 Å². The summed E-state index contributed by atoms with van der Waals surface area (Å²) in [5, 5.41) is 8.30. The van der Waals surface area contributed by atoms with Gasteiger partial charge < -0.3 is 9.15 Å². The van der Waals surface area contributed by atoms with E-state index in [1.807, 2.05) is 0 Å². The number of carbonyl (C=O) groups excluding carboxylic acids is 1. The van der Waals surface area contributed by atoms with Crippen molar-refractivity contribution in [3.63, 3.8) is 0 Å². The number of esters is 1. The molecule has 0 amide bonds. The van der Waals surface area contributed by atoms with Gasteiger partial charge in [0.25, 0.3) is 0 Å². The number of ether oxygens (including phenoxy) is 1. The van der Waals surface area contributed by atoms with Gasteiger partial charge in [0.2, 0.25) is 5.76 Å². The molecule has 0 radical (unpaired) electrons. The zero-order valence-electron chi connectivity index (χ0n) is 14.0. The molecule has 9 nitrogen and oxygen atoms in total. The molecule has 27 heavy (non-hydrogen) atoms. The molecule has 0 aliphatic rings. The van der Waals surface area contributed by atoms with E-state index in [1.54, 1.807) is 53.6 Å². The summed E-state index contributed by atoms with van der Waals surface area (Å²) in [5.41, 5.74) is 0.252. The smallest absolute Gasteiger partial charge is 0.374 e. The van der Waals surface area contributed by atoms with Crippen molar-refractivity contribution in [1.29, 1.82) is 0 Å². The normalized spacial score (nSPS) is 11.1. The maximum Gasteiger partial charge on any atom is 0.374 e. The highest BCUT2D eigenvalue weighted by molar-refractivity contribution is 9.10. The summed E-state index contributed by atoms with van der Waals surface area (Å²) in [6.45, 7) is 0.557. The second-order valence-corrected chi connectivity index (χ2v) is 6.61. The van der Waals surface area contributed by atoms with Gasteiger partial charge in [-0.05, 0) is 40.2 Å². The summed E-state index contributed by atoms with van der Waals surface area (Å²) in [6.07, 6.45) is 5.10. The monoisotopic (exact) mass is 431 g/mol. The van der Waals surface area contributed by atoms with Crippen molar-refractivity contribution in [2.75, 3.05) is 6.61 Å². The van der Waals surface area contributed by atoms with Crippen LogP contribution in [-0.4, -0.2) is 36.5 Å². The fourth-order valence-corrected chi connectivity index (χ4v) is 2.89. The first-order valence-electron chi connectivity index (χ1n) is 8.08. The number of carbonyl (C=O) groups is 1. The van der Waals surface area contributed by atoms with Gasteiger partial charge in [0.05, 0.1) is 23.8 Å². The average molecular weight is 432 g/mol. The Kier molecular flexibility index (Phi) is 4.63. The van der Waals surface area contributed by atoms with Gasteiger partial charge in [-0.3, -0.25) is 9.08 Å². The Morgan fingerprint density at radius 2 is 2.15 bits per heavy atom. The first-order chi connectivity index (χ1) is 13.1. The van der Waals surface area contributed by atoms with Gasteiger partial charge in [-0.25, -0.2) is 14.3 Å². The van der Waals surface area contributed by atoms with Crippen LogP contribution >= 0.6 is 15.9 Å². The van der Waals surface area contributed by atoms with Crippen molar-refractivity contribution in [1.82, 2.24) is 24.0 Å². The molecular weight excluding hydrogens is 418 g/mol. The van der Waals surface area contributed by atoms with E-state index in [0.717, 1.165) is 4.47 Å². The minimum atomic E-state index is -0.597. The molecular formula is C17H14BrN5O4. The number of aromatic nitrogens is 5. The molecule has 4 aromatic rings. The van der Waals surface area contributed by atoms with Crippen LogP contribution in [0.4, 0.5) is 0 Å². The molecule has 0 aliphatic carbocycles. The Hall–Kier alpha value is -3.14. The second-order valence-electron chi connectivity index (χ2n) is 5.69. The highest BCUT2D eigenvalue weighted by Crippen LogP contribution is 2.13. The third-order valence-corrected chi connectivity index (χ3v) is 4.22. The number of hydrogen-bond acceptors (Lipinski definition) is 6. The second kappa shape index (κ2) is 7.23. The van der Waals surface area contributed by atoms with Crippen LogP contribution < -0.4 is 5.69 Å². The molecule has 0 unspecified atom stereocenters. The summed E-state index contributed by atoms with van der Waals surface area (Å²) >= 11 is 3.32. The Bertz CT molecular complexity index is 1160. The van der Waals surface area contributed by atoms with Crippen LogP contribution in [0.15, 0.2) is 62.6 Å². The topological polar surface area (TPSA) is 96.6 Å². The molecule has 0 N–H and O–H groups in total. The molecule has 10 heteroatoms. The van der Waals surface area contributed by atoms with Gasteiger partial charge in [-0.1, -0.05) is 6.07 Å². The molecule has 0 spiro atoms. The van der Waals surface area contributed by atoms with Crippen molar-refractivity contribution in [3.8, 4) is 0 Å². The number of rotatable bonds is 6. The molecule has 0 saturated carbocycles. The molecule has 0 fully saturated rings. The first kappa shape index (κ1) is 17.3. The number of furan rings is 1. The van der Waals surface area contributed by atoms with Crippen LogP contribution in [0.5, 0.6) is 0 Å². The Labute approximate surface area is 160 Å². The van der Waals surface area contributed by atoms with E-state index in [1.165, 1.54) is 9.08 Å². The van der Waals surface area contributed by atoms with E-state index in [4.69, 9.17) is 9.15 Å². The largest absolute Gasteiger partial charge is 0.458 e. The molecule has 0 aromatic carbocycles. The summed E-state index contributed by atoms with van der Waals surface area (Å²) in [7, 11) is 0. The summed E-state index contributed by atoms with van der Waals surface area (Å²) in [4.78, 5) is 24.2. The van der Waals surface area contributed by atoms with Crippen LogP contribution in [0.1, 0.15) is 16.3 Å². The lowest BCUT2D eigenvalue weighted by molar-refractivity contribution is 0.0448. The minimum Gasteiger partial charge on any atom is -0.458 e. The van der Waals surface area contributed by atoms with Gasteiger partial charge in [0.15, 0.2) is 5.65 Å². The van der Waals surface area contributed by atoms with Crippen molar-refractivity contribution >= 4 is 27.5 Å². The van der Waals surface area contributed by atoms with Crippen LogP contribution in [0.2, 0.25) is 0 Å². The van der Waals surface area contributed by atoms with E-state index in [-0.39, 0.29) is 24.6 Å². The van der Waals surface area contributed by atoms with E-state index in [9.17, 15) is 9.59 Å². The molecule has 0 atom stereocenters. The maximum absolute atomic E-state index is 12.1. The third-order valence-electron chi connectivity index (χ3n) is 3.81. The predicted octanol–water partition coefficient (Wildman–Crippen LogP) is 1.95. The van der Waals surface area contributed by atoms with Crippen LogP contribution in [-0.2, 0) is 17.8 Å². The molecule has 4 heterocycles. The number of pyridine rings is 1. The zero-order valence-corrected chi connectivity index (χ0v) is 15.6. The summed E-state index contributed by atoms with van der Waals surface area (Å²) in [5.74, 6) is 0.0763. The number of fused-ring (bicyclic) bond motifs is 1. The number of nitrogens with zero attached hydrogens (tertiary/aromatic N) is 5. The maximum atomic E-state index is 12.1. The third kappa shape index (κ3) is 3.70. The molecule has 0 bridgehead atoms. The number of halogens is 1. The molecule has 0 aliphatic heterocycles. The van der Waals surface area contributed by atoms with E-state index in [0.29, 0.717) is 18.0 Å². The fraction of sp³-hybridized carbons (Fsp3) is 0.176. The molecule has 138 valence electrons. The van der Waals surface area contributed by atoms with E-state index < -0.39 is 5.97 Å². The highest BCUT2D eigenvalue weighted by Gasteiger charge is 2.14. The quantitative estimate of drug-likeness (QED) is 0.432. The van der Waals surface area contributed by atoms with Crippen LogP contribution in [0.3, 0.4) is 0 Å².